The summed E-state index contributed by atoms with van der Waals surface area (Å²) in [6.45, 7) is 9.51. The highest BCUT2D eigenvalue weighted by Gasteiger charge is 2.14. The number of nitrogens with one attached hydrogen (secondary N) is 3. The van der Waals surface area contributed by atoms with E-state index in [4.69, 9.17) is 0 Å². The minimum atomic E-state index is -0.396. The first-order valence-electron chi connectivity index (χ1n) is 8.82. The molecule has 5 heteroatoms. The number of hydrogen-bond donors (Lipinski definition) is 3. The molecule has 0 radical (unpaired) electrons. The van der Waals surface area contributed by atoms with E-state index in [-0.39, 0.29) is 17.7 Å². The molecule has 138 valence electrons. The molecule has 2 aromatic rings. The summed E-state index contributed by atoms with van der Waals surface area (Å²) in [5.41, 5.74) is 4.57. The van der Waals surface area contributed by atoms with Gasteiger partial charge in [-0.2, -0.15) is 0 Å². The Kier molecular flexibility index (Phi) is 6.39. The monoisotopic (exact) mass is 353 g/mol. The van der Waals surface area contributed by atoms with Gasteiger partial charge < -0.3 is 16.0 Å². The van der Waals surface area contributed by atoms with Gasteiger partial charge in [0.15, 0.2) is 0 Å². The Balaban J connectivity index is 1.95. The fourth-order valence-corrected chi connectivity index (χ4v) is 2.45. The van der Waals surface area contributed by atoms with Crippen LogP contribution in [-0.4, -0.2) is 17.9 Å². The summed E-state index contributed by atoms with van der Waals surface area (Å²) in [4.78, 5) is 24.1. The largest absolute Gasteiger partial charge is 0.374 e. The summed E-state index contributed by atoms with van der Waals surface area (Å²) in [6, 6.07) is 12.9. The van der Waals surface area contributed by atoms with Crippen LogP contribution < -0.4 is 16.0 Å². The molecule has 0 aliphatic heterocycles. The summed E-state index contributed by atoms with van der Waals surface area (Å²) in [5.74, 6) is -0.192. The van der Waals surface area contributed by atoms with Crippen molar-refractivity contribution in [3.05, 3.63) is 53.6 Å². The van der Waals surface area contributed by atoms with Crippen molar-refractivity contribution in [2.24, 2.45) is 5.92 Å². The molecular weight excluding hydrogens is 326 g/mol. The Bertz CT molecular complexity index is 782. The Morgan fingerprint density at radius 3 is 2.00 bits per heavy atom. The zero-order valence-corrected chi connectivity index (χ0v) is 16.0. The van der Waals surface area contributed by atoms with E-state index >= 15 is 0 Å². The third kappa shape index (κ3) is 5.34. The number of benzene rings is 2. The average Bonchev–Trinajstić information content (AvgIpc) is 2.58. The molecule has 1 atom stereocenters. The summed E-state index contributed by atoms with van der Waals surface area (Å²) >= 11 is 0. The standard InChI is InChI=1S/C21H27N3O2/c1-13(2)20(25)23-18-9-7-17(8-10-18)22-16(5)21(26)24-19-11-6-14(3)12-15(19)4/h6-13,16,22H,1-5H3,(H,23,25)(H,24,26). The smallest absolute Gasteiger partial charge is 0.246 e. The lowest BCUT2D eigenvalue weighted by Crippen LogP contribution is -2.32. The van der Waals surface area contributed by atoms with Crippen LogP contribution in [0.2, 0.25) is 0 Å². The van der Waals surface area contributed by atoms with Crippen molar-refractivity contribution >= 4 is 28.9 Å². The van der Waals surface area contributed by atoms with E-state index in [9.17, 15) is 9.59 Å². The summed E-state index contributed by atoms with van der Waals surface area (Å²) in [6.07, 6.45) is 0. The summed E-state index contributed by atoms with van der Waals surface area (Å²) in [5, 5.41) is 8.96. The first-order chi connectivity index (χ1) is 12.3. The maximum absolute atomic E-state index is 12.4. The molecular formula is C21H27N3O2. The quantitative estimate of drug-likeness (QED) is 0.723. The van der Waals surface area contributed by atoms with E-state index in [2.05, 4.69) is 16.0 Å². The van der Waals surface area contributed by atoms with Crippen molar-refractivity contribution in [2.75, 3.05) is 16.0 Å². The molecule has 2 amide bonds. The lowest BCUT2D eigenvalue weighted by atomic mass is 10.1. The van der Waals surface area contributed by atoms with Crippen LogP contribution in [0, 0.1) is 19.8 Å². The van der Waals surface area contributed by atoms with Crippen molar-refractivity contribution in [2.45, 2.75) is 40.7 Å². The number of carbonyl (C=O) groups is 2. The molecule has 3 N–H and O–H groups in total. The first-order valence-corrected chi connectivity index (χ1v) is 8.82. The Labute approximate surface area is 155 Å². The van der Waals surface area contributed by atoms with Gasteiger partial charge in [0.05, 0.1) is 0 Å². The molecule has 0 heterocycles. The van der Waals surface area contributed by atoms with Gasteiger partial charge in [-0.05, 0) is 56.7 Å². The first kappa shape index (κ1) is 19.5. The van der Waals surface area contributed by atoms with Crippen molar-refractivity contribution in [1.82, 2.24) is 0 Å². The van der Waals surface area contributed by atoms with Crippen LogP contribution in [0.5, 0.6) is 0 Å². The molecule has 0 fully saturated rings. The normalized spacial score (nSPS) is 11.8. The predicted molar refractivity (Wildman–Crippen MR) is 108 cm³/mol. The van der Waals surface area contributed by atoms with E-state index in [0.717, 1.165) is 28.2 Å². The lowest BCUT2D eigenvalue weighted by molar-refractivity contribution is -0.119. The van der Waals surface area contributed by atoms with Crippen molar-refractivity contribution in [3.63, 3.8) is 0 Å². The minimum absolute atomic E-state index is 0.0214. The number of aryl methyl sites for hydroxylation is 2. The van der Waals surface area contributed by atoms with Gasteiger partial charge in [-0.3, -0.25) is 9.59 Å². The number of carbonyl (C=O) groups excluding carboxylic acids is 2. The molecule has 0 spiro atoms. The third-order valence-corrected chi connectivity index (χ3v) is 4.09. The topological polar surface area (TPSA) is 70.2 Å². The highest BCUT2D eigenvalue weighted by Crippen LogP contribution is 2.18. The number of rotatable bonds is 6. The molecule has 5 nitrogen and oxygen atoms in total. The molecule has 0 aliphatic carbocycles. The van der Waals surface area contributed by atoms with Crippen LogP contribution in [0.15, 0.2) is 42.5 Å². The molecule has 1 unspecified atom stereocenters. The van der Waals surface area contributed by atoms with Gasteiger partial charge in [0, 0.05) is 23.0 Å². The second-order valence-electron chi connectivity index (χ2n) is 6.89. The van der Waals surface area contributed by atoms with Crippen LogP contribution in [0.4, 0.5) is 17.1 Å². The Hall–Kier alpha value is -2.82. The highest BCUT2D eigenvalue weighted by molar-refractivity contribution is 5.97. The molecule has 2 rings (SSSR count). The molecule has 26 heavy (non-hydrogen) atoms. The number of anilines is 3. The molecule has 0 saturated carbocycles. The Morgan fingerprint density at radius 1 is 0.808 bits per heavy atom. The van der Waals surface area contributed by atoms with Gasteiger partial charge in [-0.1, -0.05) is 31.5 Å². The van der Waals surface area contributed by atoms with Crippen LogP contribution in [-0.2, 0) is 9.59 Å². The van der Waals surface area contributed by atoms with E-state index < -0.39 is 6.04 Å². The lowest BCUT2D eigenvalue weighted by Gasteiger charge is -2.17. The average molecular weight is 353 g/mol. The van der Waals surface area contributed by atoms with Gasteiger partial charge in [0.1, 0.15) is 6.04 Å². The van der Waals surface area contributed by atoms with Crippen LogP contribution >= 0.6 is 0 Å². The van der Waals surface area contributed by atoms with Crippen LogP contribution in [0.3, 0.4) is 0 Å². The third-order valence-electron chi connectivity index (χ3n) is 4.09. The maximum Gasteiger partial charge on any atom is 0.246 e. The summed E-state index contributed by atoms with van der Waals surface area (Å²) < 4.78 is 0. The minimum Gasteiger partial charge on any atom is -0.374 e. The number of hydrogen-bond acceptors (Lipinski definition) is 3. The zero-order chi connectivity index (χ0) is 19.3. The van der Waals surface area contributed by atoms with Crippen LogP contribution in [0.1, 0.15) is 31.9 Å². The van der Waals surface area contributed by atoms with E-state index in [1.807, 2.05) is 77.1 Å². The summed E-state index contributed by atoms with van der Waals surface area (Å²) in [7, 11) is 0. The van der Waals surface area contributed by atoms with Gasteiger partial charge in [-0.15, -0.1) is 0 Å². The highest BCUT2D eigenvalue weighted by atomic mass is 16.2. The predicted octanol–water partition coefficient (Wildman–Crippen LogP) is 4.34. The van der Waals surface area contributed by atoms with Crippen LogP contribution in [0.25, 0.3) is 0 Å². The molecule has 0 bridgehead atoms. The van der Waals surface area contributed by atoms with Gasteiger partial charge in [0.2, 0.25) is 11.8 Å². The molecule has 0 aromatic heterocycles. The molecule has 0 saturated heterocycles. The molecule has 0 aliphatic rings. The Morgan fingerprint density at radius 2 is 1.42 bits per heavy atom. The maximum atomic E-state index is 12.4. The van der Waals surface area contributed by atoms with Gasteiger partial charge in [-0.25, -0.2) is 0 Å². The molecule has 2 aromatic carbocycles. The van der Waals surface area contributed by atoms with Gasteiger partial charge in [0.25, 0.3) is 0 Å². The zero-order valence-electron chi connectivity index (χ0n) is 16.0. The second kappa shape index (κ2) is 8.52. The van der Waals surface area contributed by atoms with Crippen molar-refractivity contribution < 1.29 is 9.59 Å². The fourth-order valence-electron chi connectivity index (χ4n) is 2.45. The van der Waals surface area contributed by atoms with E-state index in [1.165, 1.54) is 0 Å². The van der Waals surface area contributed by atoms with Crippen molar-refractivity contribution in [1.29, 1.82) is 0 Å². The van der Waals surface area contributed by atoms with E-state index in [1.54, 1.807) is 0 Å². The number of amides is 2. The van der Waals surface area contributed by atoms with E-state index in [0.29, 0.717) is 0 Å². The fraction of sp³-hybridized carbons (Fsp3) is 0.333. The van der Waals surface area contributed by atoms with Crippen molar-refractivity contribution in [3.8, 4) is 0 Å². The SMILES string of the molecule is Cc1ccc(NC(=O)C(C)Nc2ccc(NC(=O)C(C)C)cc2)c(C)c1. The second-order valence-corrected chi connectivity index (χ2v) is 6.89. The van der Waals surface area contributed by atoms with Gasteiger partial charge >= 0.3 is 0 Å².